The molecular formula is C29H30F3N7O3. The average Bonchev–Trinajstić information content (AvgIpc) is 3.33. The number of halogens is 3. The molecule has 10 nitrogen and oxygen atoms in total. The molecule has 1 atom stereocenters. The first-order valence-corrected chi connectivity index (χ1v) is 12.8. The van der Waals surface area contributed by atoms with Crippen LogP contribution in [-0.4, -0.2) is 60.1 Å². The van der Waals surface area contributed by atoms with Gasteiger partial charge in [0.2, 0.25) is 6.17 Å². The van der Waals surface area contributed by atoms with Crippen molar-refractivity contribution in [1.82, 2.24) is 15.5 Å². The molecule has 220 valence electrons. The van der Waals surface area contributed by atoms with E-state index in [1.54, 1.807) is 26.0 Å². The van der Waals surface area contributed by atoms with Crippen molar-refractivity contribution in [2.24, 2.45) is 9.98 Å². The van der Waals surface area contributed by atoms with E-state index >= 15 is 0 Å². The highest BCUT2D eigenvalue weighted by atomic mass is 19.4. The number of amides is 1. The Morgan fingerprint density at radius 1 is 1.14 bits per heavy atom. The highest BCUT2D eigenvalue weighted by molar-refractivity contribution is 6.19. The summed E-state index contributed by atoms with van der Waals surface area (Å²) in [5.41, 5.74) is 0.724. The van der Waals surface area contributed by atoms with E-state index in [4.69, 9.17) is 9.15 Å². The predicted octanol–water partition coefficient (Wildman–Crippen LogP) is 5.19. The van der Waals surface area contributed by atoms with Crippen molar-refractivity contribution in [3.8, 4) is 0 Å². The van der Waals surface area contributed by atoms with Crippen molar-refractivity contribution < 1.29 is 27.1 Å². The smallest absolute Gasteiger partial charge is 0.402 e. The SMILES string of the molecule is C=N/C(=C(\C=C(/C)C(F)(F)F)NC(C)(C)COC)c1nnc(N[C@H]2N=C(c3ccccc3)c3ccccc3NC2=O)o1. The van der Waals surface area contributed by atoms with E-state index in [9.17, 15) is 18.0 Å². The number of aliphatic imine (C=N–C) groups is 2. The van der Waals surface area contributed by atoms with Crippen LogP contribution < -0.4 is 16.0 Å². The van der Waals surface area contributed by atoms with Crippen LogP contribution >= 0.6 is 0 Å². The molecule has 0 saturated heterocycles. The molecule has 0 fully saturated rings. The number of para-hydroxylation sites is 1. The number of ether oxygens (including phenoxy) is 1. The predicted molar refractivity (Wildman–Crippen MR) is 154 cm³/mol. The largest absolute Gasteiger partial charge is 0.412 e. The van der Waals surface area contributed by atoms with E-state index in [2.05, 4.69) is 42.9 Å². The number of nitrogens with one attached hydrogen (secondary N) is 3. The second-order valence-corrected chi connectivity index (χ2v) is 10.0. The third-order valence-electron chi connectivity index (χ3n) is 6.08. The Morgan fingerprint density at radius 3 is 2.50 bits per heavy atom. The number of aromatic nitrogens is 2. The zero-order valence-corrected chi connectivity index (χ0v) is 23.4. The Balaban J connectivity index is 1.72. The van der Waals surface area contributed by atoms with Gasteiger partial charge in [0.15, 0.2) is 0 Å². The summed E-state index contributed by atoms with van der Waals surface area (Å²) in [6, 6.07) is 16.4. The topological polar surface area (TPSA) is 126 Å². The number of anilines is 2. The number of benzodiazepines with no additional fused rings is 1. The molecule has 0 spiro atoms. The number of alkyl halides is 3. The molecule has 0 unspecified atom stereocenters. The maximum Gasteiger partial charge on any atom is 0.412 e. The van der Waals surface area contributed by atoms with Gasteiger partial charge in [-0.3, -0.25) is 9.79 Å². The quantitative estimate of drug-likeness (QED) is 0.222. The van der Waals surface area contributed by atoms with Crippen molar-refractivity contribution in [3.63, 3.8) is 0 Å². The number of nitrogens with zero attached hydrogens (tertiary/aromatic N) is 4. The van der Waals surface area contributed by atoms with Gasteiger partial charge in [-0.15, -0.1) is 5.10 Å². The number of allylic oxidation sites excluding steroid dienone is 2. The van der Waals surface area contributed by atoms with Crippen LogP contribution in [0.5, 0.6) is 0 Å². The van der Waals surface area contributed by atoms with Crippen LogP contribution in [0.25, 0.3) is 5.70 Å². The van der Waals surface area contributed by atoms with Gasteiger partial charge in [-0.2, -0.15) is 13.2 Å². The molecular weight excluding hydrogens is 551 g/mol. The van der Waals surface area contributed by atoms with Crippen LogP contribution in [0.1, 0.15) is 37.8 Å². The van der Waals surface area contributed by atoms with Gasteiger partial charge in [0.1, 0.15) is 5.70 Å². The molecule has 0 saturated carbocycles. The third kappa shape index (κ3) is 7.10. The Labute approximate surface area is 240 Å². The fourth-order valence-corrected chi connectivity index (χ4v) is 4.17. The van der Waals surface area contributed by atoms with Crippen molar-refractivity contribution >= 4 is 35.7 Å². The summed E-state index contributed by atoms with van der Waals surface area (Å²) in [5.74, 6) is -0.725. The van der Waals surface area contributed by atoms with Crippen LogP contribution in [0.2, 0.25) is 0 Å². The Bertz CT molecular complexity index is 1540. The van der Waals surface area contributed by atoms with Crippen molar-refractivity contribution in [2.45, 2.75) is 38.7 Å². The van der Waals surface area contributed by atoms with E-state index in [-0.39, 0.29) is 29.9 Å². The van der Waals surface area contributed by atoms with Crippen molar-refractivity contribution in [3.05, 3.63) is 89.0 Å². The highest BCUT2D eigenvalue weighted by Gasteiger charge is 2.32. The van der Waals surface area contributed by atoms with Gasteiger partial charge in [0.25, 0.3) is 11.8 Å². The first-order valence-electron chi connectivity index (χ1n) is 12.8. The van der Waals surface area contributed by atoms with Crippen LogP contribution in [0.3, 0.4) is 0 Å². The fraction of sp³-hybridized carbons (Fsp3) is 0.276. The van der Waals surface area contributed by atoms with Crippen molar-refractivity contribution in [1.29, 1.82) is 0 Å². The minimum atomic E-state index is -4.59. The molecule has 1 amide bonds. The molecule has 1 aromatic heterocycles. The molecule has 2 heterocycles. The van der Waals surface area contributed by atoms with Gasteiger partial charge >= 0.3 is 12.2 Å². The number of carbonyl (C=O) groups is 1. The monoisotopic (exact) mass is 581 g/mol. The molecule has 3 N–H and O–H groups in total. The number of rotatable bonds is 10. The second kappa shape index (κ2) is 12.4. The highest BCUT2D eigenvalue weighted by Crippen LogP contribution is 2.30. The standard InChI is InChI=1S/C29H30F3N7O3/c1-17(29(30,31)32)15-21(37-28(2,3)16-41-5)23(33-4)26-38-39-27(42-26)36-24-25(40)34-20-14-10-9-13-19(20)22(35-24)18-11-7-6-8-12-18/h6-15,24,37H,4,16H2,1-3,5H3,(H,34,40)(H,36,39)/b17-15+,23-21+/t24-/m1/s1. The normalized spacial score (nSPS) is 16.5. The van der Waals surface area contributed by atoms with E-state index in [1.165, 1.54) is 7.11 Å². The van der Waals surface area contributed by atoms with E-state index in [0.29, 0.717) is 11.4 Å². The van der Waals surface area contributed by atoms with Gasteiger partial charge < -0.3 is 25.1 Å². The summed E-state index contributed by atoms with van der Waals surface area (Å²) in [6.45, 7) is 8.06. The second-order valence-electron chi connectivity index (χ2n) is 10.0. The molecule has 1 aliphatic heterocycles. The van der Waals surface area contributed by atoms with Gasteiger partial charge in [0, 0.05) is 23.8 Å². The number of methoxy groups -OCH3 is 1. The summed E-state index contributed by atoms with van der Waals surface area (Å²) in [6.07, 6.45) is -4.90. The lowest BCUT2D eigenvalue weighted by molar-refractivity contribution is -0.116. The van der Waals surface area contributed by atoms with Crippen LogP contribution in [-0.2, 0) is 9.53 Å². The fourth-order valence-electron chi connectivity index (χ4n) is 4.17. The van der Waals surface area contributed by atoms with Gasteiger partial charge in [0.05, 0.1) is 29.2 Å². The van der Waals surface area contributed by atoms with E-state index < -0.39 is 29.4 Å². The maximum atomic E-state index is 13.4. The van der Waals surface area contributed by atoms with Crippen molar-refractivity contribution in [2.75, 3.05) is 24.4 Å². The van der Waals surface area contributed by atoms with Crippen LogP contribution in [0, 0.1) is 0 Å². The number of hydrogen-bond donors (Lipinski definition) is 3. The lowest BCUT2D eigenvalue weighted by atomic mass is 10.0. The van der Waals surface area contributed by atoms with E-state index in [1.807, 2.05) is 42.5 Å². The summed E-state index contributed by atoms with van der Waals surface area (Å²) >= 11 is 0. The maximum absolute atomic E-state index is 13.4. The lowest BCUT2D eigenvalue weighted by Crippen LogP contribution is -2.42. The zero-order chi connectivity index (χ0) is 30.5. The number of benzene rings is 2. The van der Waals surface area contributed by atoms with Crippen LogP contribution in [0.15, 0.2) is 86.3 Å². The number of fused-ring (bicyclic) bond motifs is 1. The summed E-state index contributed by atoms with van der Waals surface area (Å²) in [7, 11) is 1.47. The van der Waals surface area contributed by atoms with E-state index in [0.717, 1.165) is 24.1 Å². The molecule has 0 bridgehead atoms. The summed E-state index contributed by atoms with van der Waals surface area (Å²) in [5, 5.41) is 16.6. The van der Waals surface area contributed by atoms with Crippen LogP contribution in [0.4, 0.5) is 24.9 Å². The molecule has 0 aliphatic carbocycles. The molecule has 42 heavy (non-hydrogen) atoms. The molecule has 2 aromatic carbocycles. The lowest BCUT2D eigenvalue weighted by Gasteiger charge is -2.28. The minimum Gasteiger partial charge on any atom is -0.402 e. The number of carbonyl (C=O) groups excluding carboxylic acids is 1. The minimum absolute atomic E-state index is 0.0656. The zero-order valence-electron chi connectivity index (χ0n) is 23.4. The van der Waals surface area contributed by atoms with Gasteiger partial charge in [-0.05, 0) is 39.6 Å². The Kier molecular flexibility index (Phi) is 8.90. The Hall–Kier alpha value is -4.78. The third-order valence-corrected chi connectivity index (χ3v) is 6.08. The molecule has 0 radical (unpaired) electrons. The Morgan fingerprint density at radius 2 is 1.83 bits per heavy atom. The molecule has 1 aliphatic rings. The molecule has 4 rings (SSSR count). The summed E-state index contributed by atoms with van der Waals surface area (Å²) in [4.78, 5) is 21.7. The van der Waals surface area contributed by atoms with Gasteiger partial charge in [-0.25, -0.2) is 4.99 Å². The van der Waals surface area contributed by atoms with Gasteiger partial charge in [-0.1, -0.05) is 53.6 Å². The summed E-state index contributed by atoms with van der Waals surface area (Å²) < 4.78 is 51.2. The first-order chi connectivity index (χ1) is 19.9. The molecule has 3 aromatic rings. The first kappa shape index (κ1) is 30.2. The average molecular weight is 582 g/mol. The number of hydrogen-bond acceptors (Lipinski definition) is 9. The molecule has 13 heteroatoms.